The smallest absolute Gasteiger partial charge is 0.407 e. The van der Waals surface area contributed by atoms with Crippen molar-refractivity contribution >= 4 is 12.0 Å². The Morgan fingerprint density at radius 3 is 2.14 bits per heavy atom. The first-order valence-electron chi connectivity index (χ1n) is 7.44. The van der Waals surface area contributed by atoms with Gasteiger partial charge >= 0.3 is 6.09 Å². The normalized spacial score (nSPS) is 11.1. The minimum absolute atomic E-state index is 0.0903. The lowest BCUT2D eigenvalue weighted by Gasteiger charge is -2.19. The van der Waals surface area contributed by atoms with Gasteiger partial charge < -0.3 is 30.6 Å². The van der Waals surface area contributed by atoms with Crippen LogP contribution in [0.2, 0.25) is 0 Å². The number of carbonyl (C=O) groups excluding carboxylic acids is 2. The summed E-state index contributed by atoms with van der Waals surface area (Å²) >= 11 is 0. The van der Waals surface area contributed by atoms with Gasteiger partial charge in [0.2, 0.25) is 5.91 Å². The zero-order valence-electron chi connectivity index (χ0n) is 13.8. The van der Waals surface area contributed by atoms with Crippen LogP contribution >= 0.6 is 0 Å². The third-order valence-electron chi connectivity index (χ3n) is 2.22. The number of hydrogen-bond donors (Lipinski definition) is 3. The first-order chi connectivity index (χ1) is 10.3. The zero-order chi connectivity index (χ0) is 16.8. The van der Waals surface area contributed by atoms with E-state index in [2.05, 4.69) is 10.6 Å². The van der Waals surface area contributed by atoms with E-state index in [9.17, 15) is 9.59 Å². The minimum atomic E-state index is -0.511. The van der Waals surface area contributed by atoms with E-state index in [1.807, 2.05) is 0 Å². The van der Waals surface area contributed by atoms with E-state index in [1.165, 1.54) is 0 Å². The van der Waals surface area contributed by atoms with E-state index in [0.717, 1.165) is 0 Å². The summed E-state index contributed by atoms with van der Waals surface area (Å²) in [4.78, 5) is 22.7. The number of carbonyl (C=O) groups is 2. The van der Waals surface area contributed by atoms with E-state index in [1.54, 1.807) is 20.8 Å². The number of ether oxygens (including phenoxy) is 3. The molecule has 0 unspecified atom stereocenters. The molecule has 2 amide bonds. The molecule has 8 heteroatoms. The van der Waals surface area contributed by atoms with Gasteiger partial charge in [-0.2, -0.15) is 0 Å². The number of alkyl carbamates (subject to hydrolysis) is 1. The Hall–Kier alpha value is -1.38. The minimum Gasteiger partial charge on any atom is -0.444 e. The molecule has 0 aromatic carbocycles. The summed E-state index contributed by atoms with van der Waals surface area (Å²) < 4.78 is 15.4. The fourth-order valence-corrected chi connectivity index (χ4v) is 1.34. The summed E-state index contributed by atoms with van der Waals surface area (Å²) in [6, 6.07) is 0. The van der Waals surface area contributed by atoms with Crippen LogP contribution in [0.15, 0.2) is 0 Å². The fourth-order valence-electron chi connectivity index (χ4n) is 1.34. The van der Waals surface area contributed by atoms with Gasteiger partial charge in [0.15, 0.2) is 0 Å². The highest BCUT2D eigenvalue weighted by Crippen LogP contribution is 2.05. The fraction of sp³-hybridized carbons (Fsp3) is 0.857. The summed E-state index contributed by atoms with van der Waals surface area (Å²) in [5.41, 5.74) is 4.75. The second kappa shape index (κ2) is 12.2. The molecule has 0 saturated carbocycles. The molecule has 8 nitrogen and oxygen atoms in total. The molecule has 0 aliphatic heterocycles. The van der Waals surface area contributed by atoms with Gasteiger partial charge in [0.05, 0.1) is 26.4 Å². The average molecular weight is 319 g/mol. The van der Waals surface area contributed by atoms with Crippen LogP contribution in [0.5, 0.6) is 0 Å². The molecule has 0 spiro atoms. The maximum absolute atomic E-state index is 11.4. The van der Waals surface area contributed by atoms with E-state index >= 15 is 0 Å². The van der Waals surface area contributed by atoms with Crippen molar-refractivity contribution in [3.05, 3.63) is 0 Å². The number of rotatable bonds is 11. The van der Waals surface area contributed by atoms with Crippen LogP contribution < -0.4 is 16.4 Å². The summed E-state index contributed by atoms with van der Waals surface area (Å²) in [5, 5.41) is 5.28. The molecular weight excluding hydrogens is 290 g/mol. The van der Waals surface area contributed by atoms with Crippen LogP contribution in [0.3, 0.4) is 0 Å². The molecule has 0 aromatic rings. The Morgan fingerprint density at radius 2 is 1.55 bits per heavy atom. The Bertz CT molecular complexity index is 318. The lowest BCUT2D eigenvalue weighted by atomic mass is 10.2. The van der Waals surface area contributed by atoms with Crippen molar-refractivity contribution in [2.24, 2.45) is 5.73 Å². The molecule has 0 aliphatic rings. The summed E-state index contributed by atoms with van der Waals surface area (Å²) in [6.07, 6.45) is -0.165. The topological polar surface area (TPSA) is 112 Å². The van der Waals surface area contributed by atoms with Crippen molar-refractivity contribution in [1.82, 2.24) is 10.6 Å². The largest absolute Gasteiger partial charge is 0.444 e. The zero-order valence-corrected chi connectivity index (χ0v) is 13.8. The van der Waals surface area contributed by atoms with E-state index in [4.69, 9.17) is 19.9 Å². The standard InChI is InChI=1S/C14H29N3O5/c1-14(2,3)22-13(19)17-7-11-21-10-6-16-12(18)4-8-20-9-5-15/h4-11,15H2,1-3H3,(H,16,18)(H,17,19). The molecule has 0 bridgehead atoms. The van der Waals surface area contributed by atoms with Crippen LogP contribution in [0.4, 0.5) is 4.79 Å². The van der Waals surface area contributed by atoms with Crippen LogP contribution in [0.1, 0.15) is 27.2 Å². The highest BCUT2D eigenvalue weighted by molar-refractivity contribution is 5.75. The SMILES string of the molecule is CC(C)(C)OC(=O)NCCOCCNC(=O)CCOCCN. The van der Waals surface area contributed by atoms with E-state index in [0.29, 0.717) is 52.5 Å². The molecule has 0 aliphatic carbocycles. The van der Waals surface area contributed by atoms with E-state index < -0.39 is 11.7 Å². The molecule has 22 heavy (non-hydrogen) atoms. The number of hydrogen-bond acceptors (Lipinski definition) is 6. The molecule has 0 saturated heterocycles. The van der Waals surface area contributed by atoms with Crippen LogP contribution in [0, 0.1) is 0 Å². The van der Waals surface area contributed by atoms with Gasteiger partial charge in [-0.15, -0.1) is 0 Å². The Balaban J connectivity index is 3.36. The van der Waals surface area contributed by atoms with Crippen molar-refractivity contribution in [3.63, 3.8) is 0 Å². The van der Waals surface area contributed by atoms with E-state index in [-0.39, 0.29) is 5.91 Å². The van der Waals surface area contributed by atoms with Gasteiger partial charge in [0.1, 0.15) is 5.60 Å². The van der Waals surface area contributed by atoms with Gasteiger partial charge in [-0.05, 0) is 20.8 Å². The Labute approximate surface area is 132 Å². The molecule has 0 aromatic heterocycles. The lowest BCUT2D eigenvalue weighted by molar-refractivity contribution is -0.122. The number of nitrogens with one attached hydrogen (secondary N) is 2. The molecule has 0 fully saturated rings. The van der Waals surface area contributed by atoms with Gasteiger partial charge in [0, 0.05) is 26.1 Å². The van der Waals surface area contributed by atoms with Crippen molar-refractivity contribution < 1.29 is 23.8 Å². The Morgan fingerprint density at radius 1 is 0.955 bits per heavy atom. The highest BCUT2D eigenvalue weighted by atomic mass is 16.6. The number of nitrogens with two attached hydrogens (primary N) is 1. The third kappa shape index (κ3) is 15.0. The first-order valence-corrected chi connectivity index (χ1v) is 7.44. The van der Waals surface area contributed by atoms with Crippen molar-refractivity contribution in [2.75, 3.05) is 46.1 Å². The molecule has 0 radical (unpaired) electrons. The molecule has 4 N–H and O–H groups in total. The van der Waals surface area contributed by atoms with Crippen molar-refractivity contribution in [1.29, 1.82) is 0 Å². The predicted octanol–water partition coefficient (Wildman–Crippen LogP) is 0.00930. The van der Waals surface area contributed by atoms with Gasteiger partial charge in [-0.25, -0.2) is 4.79 Å². The summed E-state index contributed by atoms with van der Waals surface area (Å²) in [5.74, 6) is -0.0903. The summed E-state index contributed by atoms with van der Waals surface area (Å²) in [7, 11) is 0. The second-order valence-electron chi connectivity index (χ2n) is 5.54. The average Bonchev–Trinajstić information content (AvgIpc) is 2.40. The van der Waals surface area contributed by atoms with Crippen molar-refractivity contribution in [2.45, 2.75) is 32.8 Å². The Kier molecular flexibility index (Phi) is 11.4. The second-order valence-corrected chi connectivity index (χ2v) is 5.54. The predicted molar refractivity (Wildman–Crippen MR) is 82.6 cm³/mol. The van der Waals surface area contributed by atoms with Gasteiger partial charge in [0.25, 0.3) is 0 Å². The maximum atomic E-state index is 11.4. The lowest BCUT2D eigenvalue weighted by Crippen LogP contribution is -2.34. The molecule has 0 atom stereocenters. The van der Waals surface area contributed by atoms with Crippen molar-refractivity contribution in [3.8, 4) is 0 Å². The van der Waals surface area contributed by atoms with Gasteiger partial charge in [-0.1, -0.05) is 0 Å². The quantitative estimate of drug-likeness (QED) is 0.463. The molecular formula is C14H29N3O5. The number of amides is 2. The molecule has 130 valence electrons. The maximum Gasteiger partial charge on any atom is 0.407 e. The summed E-state index contributed by atoms with van der Waals surface area (Å²) in [6.45, 7) is 8.18. The van der Waals surface area contributed by atoms with Crippen LogP contribution in [-0.4, -0.2) is 63.7 Å². The van der Waals surface area contributed by atoms with Gasteiger partial charge in [-0.3, -0.25) is 4.79 Å². The highest BCUT2D eigenvalue weighted by Gasteiger charge is 2.15. The molecule has 0 heterocycles. The van der Waals surface area contributed by atoms with Crippen LogP contribution in [0.25, 0.3) is 0 Å². The molecule has 0 rings (SSSR count). The third-order valence-corrected chi connectivity index (χ3v) is 2.22. The van der Waals surface area contributed by atoms with Crippen LogP contribution in [-0.2, 0) is 19.0 Å². The monoisotopic (exact) mass is 319 g/mol. The first kappa shape index (κ1) is 20.6.